The van der Waals surface area contributed by atoms with Crippen LogP contribution in [0.4, 0.5) is 11.4 Å². The Morgan fingerprint density at radius 2 is 2.04 bits per heavy atom. The highest BCUT2D eigenvalue weighted by Crippen LogP contribution is 2.34. The maximum atomic E-state index is 12.1. The van der Waals surface area contributed by atoms with Crippen LogP contribution in [0, 0.1) is 0 Å². The van der Waals surface area contributed by atoms with E-state index in [2.05, 4.69) is 5.32 Å². The van der Waals surface area contributed by atoms with Crippen LogP contribution in [-0.4, -0.2) is 19.3 Å². The third-order valence-corrected chi connectivity index (χ3v) is 3.67. The Morgan fingerprint density at radius 1 is 1.21 bits per heavy atom. The highest BCUT2D eigenvalue weighted by Gasteiger charge is 2.14. The number of nitrogen functional groups attached to an aromatic ring is 1. The maximum absolute atomic E-state index is 12.1. The topological polar surface area (TPSA) is 82.8 Å². The van der Waals surface area contributed by atoms with Crippen LogP contribution in [0.15, 0.2) is 36.4 Å². The highest BCUT2D eigenvalue weighted by molar-refractivity contribution is 5.91. The van der Waals surface area contributed by atoms with Gasteiger partial charge in [-0.1, -0.05) is 6.07 Å². The maximum Gasteiger partial charge on any atom is 0.231 e. The van der Waals surface area contributed by atoms with E-state index in [4.69, 9.17) is 19.9 Å². The lowest BCUT2D eigenvalue weighted by molar-refractivity contribution is -0.116. The predicted molar refractivity (Wildman–Crippen MR) is 91.5 cm³/mol. The second-order valence-electron chi connectivity index (χ2n) is 5.42. The number of nitrogens with two attached hydrogens (primary N) is 1. The number of benzene rings is 2. The van der Waals surface area contributed by atoms with Crippen LogP contribution in [0.1, 0.15) is 18.9 Å². The van der Waals surface area contributed by atoms with Gasteiger partial charge in [-0.2, -0.15) is 0 Å². The number of carbonyl (C=O) groups excluding carboxylic acids is 1. The molecule has 0 unspecified atom stereocenters. The summed E-state index contributed by atoms with van der Waals surface area (Å²) in [6.07, 6.45) is 0.967. The van der Waals surface area contributed by atoms with Gasteiger partial charge in [0.05, 0.1) is 12.3 Å². The summed E-state index contributed by atoms with van der Waals surface area (Å²) in [7, 11) is 0. The average Bonchev–Trinajstić information content (AvgIpc) is 3.03. The molecule has 6 nitrogen and oxygen atoms in total. The van der Waals surface area contributed by atoms with Gasteiger partial charge in [0, 0.05) is 18.2 Å². The van der Waals surface area contributed by atoms with Gasteiger partial charge in [-0.05, 0) is 43.2 Å². The lowest BCUT2D eigenvalue weighted by Gasteiger charge is -2.09. The monoisotopic (exact) mass is 328 g/mol. The first-order valence-electron chi connectivity index (χ1n) is 7.86. The summed E-state index contributed by atoms with van der Waals surface area (Å²) in [4.78, 5) is 12.1. The second kappa shape index (κ2) is 7.12. The van der Waals surface area contributed by atoms with Crippen molar-refractivity contribution in [3.05, 3.63) is 42.0 Å². The van der Waals surface area contributed by atoms with E-state index in [0.29, 0.717) is 48.1 Å². The standard InChI is InChI=1S/C18H20N2O4/c1-2-22-15-6-3-12(9-14(15)19)4-8-18(21)20-13-5-7-16-17(10-13)24-11-23-16/h3,5-7,9-10H,2,4,8,11,19H2,1H3,(H,20,21). The molecule has 0 saturated heterocycles. The Balaban J connectivity index is 1.55. The predicted octanol–water partition coefficient (Wildman–Crippen LogP) is 2.97. The lowest BCUT2D eigenvalue weighted by atomic mass is 10.1. The number of amides is 1. The van der Waals surface area contributed by atoms with E-state index in [9.17, 15) is 4.79 Å². The molecule has 1 aliphatic heterocycles. The summed E-state index contributed by atoms with van der Waals surface area (Å²) in [6.45, 7) is 2.70. The fraction of sp³-hybridized carbons (Fsp3) is 0.278. The lowest BCUT2D eigenvalue weighted by Crippen LogP contribution is -2.12. The number of carbonyl (C=O) groups is 1. The molecule has 0 spiro atoms. The van der Waals surface area contributed by atoms with Crippen LogP contribution < -0.4 is 25.3 Å². The summed E-state index contributed by atoms with van der Waals surface area (Å²) in [5.41, 5.74) is 8.21. The summed E-state index contributed by atoms with van der Waals surface area (Å²) < 4.78 is 15.9. The summed E-state index contributed by atoms with van der Waals surface area (Å²) in [5, 5.41) is 2.86. The molecule has 6 heteroatoms. The SMILES string of the molecule is CCOc1ccc(CCC(=O)Nc2ccc3c(c2)OCO3)cc1N. The van der Waals surface area contributed by atoms with Crippen molar-refractivity contribution in [3.8, 4) is 17.2 Å². The zero-order chi connectivity index (χ0) is 16.9. The molecular formula is C18H20N2O4. The van der Waals surface area contributed by atoms with Crippen LogP contribution in [0.25, 0.3) is 0 Å². The first-order chi connectivity index (χ1) is 11.7. The second-order valence-corrected chi connectivity index (χ2v) is 5.42. The number of nitrogens with one attached hydrogen (secondary N) is 1. The van der Waals surface area contributed by atoms with E-state index in [1.54, 1.807) is 18.2 Å². The third kappa shape index (κ3) is 3.71. The molecular weight excluding hydrogens is 308 g/mol. The van der Waals surface area contributed by atoms with Crippen molar-refractivity contribution in [3.63, 3.8) is 0 Å². The Labute approximate surface area is 140 Å². The van der Waals surface area contributed by atoms with Crippen molar-refractivity contribution >= 4 is 17.3 Å². The first kappa shape index (κ1) is 16.0. The number of anilines is 2. The number of ether oxygens (including phenoxy) is 3. The molecule has 0 radical (unpaired) electrons. The minimum atomic E-state index is -0.0682. The quantitative estimate of drug-likeness (QED) is 0.797. The smallest absolute Gasteiger partial charge is 0.231 e. The molecule has 0 aromatic heterocycles. The van der Waals surface area contributed by atoms with Crippen LogP contribution in [0.2, 0.25) is 0 Å². The number of rotatable bonds is 6. The van der Waals surface area contributed by atoms with Crippen LogP contribution in [0.5, 0.6) is 17.2 Å². The molecule has 24 heavy (non-hydrogen) atoms. The van der Waals surface area contributed by atoms with Gasteiger partial charge in [0.25, 0.3) is 0 Å². The van der Waals surface area contributed by atoms with E-state index in [0.717, 1.165) is 5.56 Å². The summed E-state index contributed by atoms with van der Waals surface area (Å²) >= 11 is 0. The zero-order valence-corrected chi connectivity index (χ0v) is 13.5. The molecule has 0 fully saturated rings. The van der Waals surface area contributed by atoms with Crippen molar-refractivity contribution in [1.29, 1.82) is 0 Å². The Hall–Kier alpha value is -2.89. The number of aryl methyl sites for hydroxylation is 1. The van der Waals surface area contributed by atoms with Crippen molar-refractivity contribution in [2.45, 2.75) is 19.8 Å². The molecule has 0 aliphatic carbocycles. The van der Waals surface area contributed by atoms with E-state index in [1.807, 2.05) is 25.1 Å². The number of hydrogen-bond donors (Lipinski definition) is 2. The molecule has 1 amide bonds. The summed E-state index contributed by atoms with van der Waals surface area (Å²) in [6, 6.07) is 10.9. The minimum Gasteiger partial charge on any atom is -0.492 e. The van der Waals surface area contributed by atoms with E-state index in [1.165, 1.54) is 0 Å². The average molecular weight is 328 g/mol. The van der Waals surface area contributed by atoms with Crippen LogP contribution >= 0.6 is 0 Å². The largest absolute Gasteiger partial charge is 0.492 e. The molecule has 3 rings (SSSR count). The first-order valence-corrected chi connectivity index (χ1v) is 7.86. The highest BCUT2D eigenvalue weighted by atomic mass is 16.7. The molecule has 0 saturated carbocycles. The van der Waals surface area contributed by atoms with E-state index < -0.39 is 0 Å². The molecule has 1 aliphatic rings. The Bertz CT molecular complexity index is 746. The van der Waals surface area contributed by atoms with Gasteiger partial charge in [-0.3, -0.25) is 4.79 Å². The van der Waals surface area contributed by atoms with Crippen molar-refractivity contribution < 1.29 is 19.0 Å². The molecule has 0 atom stereocenters. The Kier molecular flexibility index (Phi) is 4.74. The molecule has 1 heterocycles. The molecule has 3 N–H and O–H groups in total. The van der Waals surface area contributed by atoms with Gasteiger partial charge in [0.15, 0.2) is 11.5 Å². The van der Waals surface area contributed by atoms with Gasteiger partial charge >= 0.3 is 0 Å². The van der Waals surface area contributed by atoms with Crippen LogP contribution in [-0.2, 0) is 11.2 Å². The molecule has 2 aromatic carbocycles. The van der Waals surface area contributed by atoms with Crippen LogP contribution in [0.3, 0.4) is 0 Å². The Morgan fingerprint density at radius 3 is 2.83 bits per heavy atom. The normalized spacial score (nSPS) is 12.0. The number of hydrogen-bond acceptors (Lipinski definition) is 5. The minimum absolute atomic E-state index is 0.0682. The van der Waals surface area contributed by atoms with Crippen molar-refractivity contribution in [1.82, 2.24) is 0 Å². The van der Waals surface area contributed by atoms with Gasteiger partial charge < -0.3 is 25.3 Å². The van der Waals surface area contributed by atoms with E-state index >= 15 is 0 Å². The van der Waals surface area contributed by atoms with Gasteiger partial charge in [-0.25, -0.2) is 0 Å². The van der Waals surface area contributed by atoms with Crippen molar-refractivity contribution in [2.75, 3.05) is 24.5 Å². The van der Waals surface area contributed by atoms with E-state index in [-0.39, 0.29) is 12.7 Å². The van der Waals surface area contributed by atoms with Crippen molar-refractivity contribution in [2.24, 2.45) is 0 Å². The fourth-order valence-corrected chi connectivity index (χ4v) is 2.50. The number of fused-ring (bicyclic) bond motifs is 1. The van der Waals surface area contributed by atoms with Gasteiger partial charge in [-0.15, -0.1) is 0 Å². The van der Waals surface area contributed by atoms with Gasteiger partial charge in [0.1, 0.15) is 5.75 Å². The fourth-order valence-electron chi connectivity index (χ4n) is 2.50. The molecule has 2 aromatic rings. The molecule has 0 bridgehead atoms. The molecule has 126 valence electrons. The summed E-state index contributed by atoms with van der Waals surface area (Å²) in [5.74, 6) is 1.94. The third-order valence-electron chi connectivity index (χ3n) is 3.67. The van der Waals surface area contributed by atoms with Gasteiger partial charge in [0.2, 0.25) is 12.7 Å². The zero-order valence-electron chi connectivity index (χ0n) is 13.5.